The first-order valence-corrected chi connectivity index (χ1v) is 18.1. The van der Waals surface area contributed by atoms with Gasteiger partial charge in [-0.3, -0.25) is 15.0 Å². The van der Waals surface area contributed by atoms with Gasteiger partial charge in [0, 0.05) is 29.5 Å². The zero-order chi connectivity index (χ0) is 34.7. The predicted molar refractivity (Wildman–Crippen MR) is 217 cm³/mol. The lowest BCUT2D eigenvalue weighted by atomic mass is 9.69. The summed E-state index contributed by atoms with van der Waals surface area (Å²) in [5, 5.41) is 8.79. The minimum absolute atomic E-state index is 0.458. The Kier molecular flexibility index (Phi) is 5.70. The van der Waals surface area contributed by atoms with Crippen molar-refractivity contribution in [3.05, 3.63) is 199 Å². The van der Waals surface area contributed by atoms with E-state index in [9.17, 15) is 0 Å². The molecule has 0 aliphatic heterocycles. The molecule has 0 bridgehead atoms. The monoisotopic (exact) mass is 671 g/mol. The molecule has 0 fully saturated rings. The SMILES string of the molecule is c1ccc2c(c1)-c1ccccc1C21c2cc(-c3ccc4cc(-c5cnccn5)ccc4c3)cc3ccc4cc(-c5ccc6ncccc6c5)cc1c4c23. The van der Waals surface area contributed by atoms with Gasteiger partial charge < -0.3 is 0 Å². The first kappa shape index (κ1) is 28.7. The van der Waals surface area contributed by atoms with Crippen molar-refractivity contribution in [3.8, 4) is 44.6 Å². The largest absolute Gasteiger partial charge is 0.261 e. The van der Waals surface area contributed by atoms with Crippen molar-refractivity contribution in [1.82, 2.24) is 15.0 Å². The Hall–Kier alpha value is -6.97. The maximum atomic E-state index is 4.60. The van der Waals surface area contributed by atoms with E-state index in [0.717, 1.165) is 22.2 Å². The molecule has 0 radical (unpaired) electrons. The van der Waals surface area contributed by atoms with E-state index in [1.807, 2.05) is 18.5 Å². The quantitative estimate of drug-likeness (QED) is 0.176. The number of nitrogens with zero attached hydrogens (tertiary/aromatic N) is 3. The van der Waals surface area contributed by atoms with Crippen LogP contribution < -0.4 is 0 Å². The summed E-state index contributed by atoms with van der Waals surface area (Å²) in [6, 6.07) is 56.8. The van der Waals surface area contributed by atoms with Crippen LogP contribution in [0.2, 0.25) is 0 Å². The molecule has 0 amide bonds. The lowest BCUT2D eigenvalue weighted by molar-refractivity contribution is 0.797. The Balaban J connectivity index is 1.12. The van der Waals surface area contributed by atoms with E-state index in [2.05, 4.69) is 161 Å². The van der Waals surface area contributed by atoms with Gasteiger partial charge in [-0.2, -0.15) is 0 Å². The molecular weight excluding hydrogens is 643 g/mol. The van der Waals surface area contributed by atoms with Crippen LogP contribution in [0, 0.1) is 0 Å². The Morgan fingerprint density at radius 2 is 0.925 bits per heavy atom. The Morgan fingerprint density at radius 3 is 1.58 bits per heavy atom. The molecule has 0 atom stereocenters. The summed E-state index contributed by atoms with van der Waals surface area (Å²) < 4.78 is 0. The Morgan fingerprint density at radius 1 is 0.358 bits per heavy atom. The van der Waals surface area contributed by atoms with E-state index in [1.165, 1.54) is 88.0 Å². The third-order valence-electron chi connectivity index (χ3n) is 11.8. The molecule has 2 heterocycles. The highest BCUT2D eigenvalue weighted by Gasteiger charge is 2.51. The average molecular weight is 672 g/mol. The fraction of sp³-hybridized carbons (Fsp3) is 0.0200. The molecule has 3 nitrogen and oxygen atoms in total. The first-order valence-electron chi connectivity index (χ1n) is 18.1. The molecule has 2 aliphatic rings. The smallest absolute Gasteiger partial charge is 0.0885 e. The van der Waals surface area contributed by atoms with Gasteiger partial charge in [0.2, 0.25) is 0 Å². The molecule has 2 aromatic heterocycles. The summed E-state index contributed by atoms with van der Waals surface area (Å²) in [5.74, 6) is 0. The Labute approximate surface area is 305 Å². The molecule has 12 rings (SSSR count). The molecule has 0 saturated carbocycles. The fourth-order valence-corrected chi connectivity index (χ4v) is 9.50. The van der Waals surface area contributed by atoms with E-state index in [-0.39, 0.29) is 0 Å². The van der Waals surface area contributed by atoms with Crippen LogP contribution in [-0.4, -0.2) is 15.0 Å². The molecule has 0 unspecified atom stereocenters. The van der Waals surface area contributed by atoms with E-state index >= 15 is 0 Å². The summed E-state index contributed by atoms with van der Waals surface area (Å²) in [7, 11) is 0. The van der Waals surface area contributed by atoms with Crippen molar-refractivity contribution in [3.63, 3.8) is 0 Å². The number of hydrogen-bond acceptors (Lipinski definition) is 3. The zero-order valence-corrected chi connectivity index (χ0v) is 28.6. The van der Waals surface area contributed by atoms with E-state index < -0.39 is 5.41 Å². The van der Waals surface area contributed by atoms with E-state index in [1.54, 1.807) is 12.4 Å². The van der Waals surface area contributed by atoms with Gasteiger partial charge >= 0.3 is 0 Å². The van der Waals surface area contributed by atoms with Crippen LogP contribution in [0.4, 0.5) is 0 Å². The highest BCUT2D eigenvalue weighted by Crippen LogP contribution is 2.63. The van der Waals surface area contributed by atoms with Crippen LogP contribution >= 0.6 is 0 Å². The molecule has 0 saturated heterocycles. The molecule has 0 N–H and O–H groups in total. The number of fused-ring (bicyclic) bond motifs is 9. The molecule has 10 aromatic rings. The van der Waals surface area contributed by atoms with Gasteiger partial charge in [0.25, 0.3) is 0 Å². The van der Waals surface area contributed by atoms with Gasteiger partial charge in [-0.1, -0.05) is 97.1 Å². The predicted octanol–water partition coefficient (Wildman–Crippen LogP) is 12.2. The van der Waals surface area contributed by atoms with Crippen molar-refractivity contribution in [1.29, 1.82) is 0 Å². The number of rotatable bonds is 3. The van der Waals surface area contributed by atoms with Gasteiger partial charge in [-0.15, -0.1) is 0 Å². The van der Waals surface area contributed by atoms with Crippen LogP contribution in [0.1, 0.15) is 22.3 Å². The van der Waals surface area contributed by atoms with Crippen LogP contribution in [-0.2, 0) is 5.41 Å². The second kappa shape index (κ2) is 10.5. The second-order valence-corrected chi connectivity index (χ2v) is 14.4. The normalized spacial score (nSPS) is 13.4. The summed E-state index contributed by atoms with van der Waals surface area (Å²) in [4.78, 5) is 13.4. The average Bonchev–Trinajstić information content (AvgIpc) is 3.70. The van der Waals surface area contributed by atoms with Gasteiger partial charge in [0.05, 0.1) is 22.8 Å². The summed E-state index contributed by atoms with van der Waals surface area (Å²) >= 11 is 0. The molecule has 244 valence electrons. The van der Waals surface area contributed by atoms with Gasteiger partial charge in [0.15, 0.2) is 0 Å². The highest BCUT2D eigenvalue weighted by atomic mass is 14.8. The summed E-state index contributed by atoms with van der Waals surface area (Å²) in [6.07, 6.45) is 7.14. The van der Waals surface area contributed by atoms with E-state index in [0.29, 0.717) is 0 Å². The second-order valence-electron chi connectivity index (χ2n) is 14.4. The standard InChI is InChI=1S/C50H29N3/c1-3-9-42-40(7-1)41-8-2-4-10-43(41)50(42)44-27-38(32-12-11-31-23-35(14-13-30(31)22-32)47-29-51-20-21-53-47)25-36-15-16-37-26-39(28-45(50)49(37)48(36)44)33-17-18-46-34(24-33)6-5-19-52-46/h1-29H. The third kappa shape index (κ3) is 3.91. The van der Waals surface area contributed by atoms with Crippen LogP contribution in [0.5, 0.6) is 0 Å². The van der Waals surface area contributed by atoms with Crippen LogP contribution in [0.25, 0.3) is 87.9 Å². The first-order chi connectivity index (χ1) is 26.2. The maximum Gasteiger partial charge on any atom is 0.0885 e. The summed E-state index contributed by atoms with van der Waals surface area (Å²) in [5.41, 5.74) is 15.4. The van der Waals surface area contributed by atoms with Crippen molar-refractivity contribution >= 4 is 43.2 Å². The minimum atomic E-state index is -0.458. The lowest BCUT2D eigenvalue weighted by Gasteiger charge is -2.31. The molecule has 53 heavy (non-hydrogen) atoms. The summed E-state index contributed by atoms with van der Waals surface area (Å²) in [6.45, 7) is 0. The molecule has 3 heteroatoms. The highest BCUT2D eigenvalue weighted by molar-refractivity contribution is 6.19. The molecule has 1 spiro atoms. The van der Waals surface area contributed by atoms with Crippen molar-refractivity contribution < 1.29 is 0 Å². The maximum absolute atomic E-state index is 4.60. The van der Waals surface area contributed by atoms with Crippen molar-refractivity contribution in [2.45, 2.75) is 5.41 Å². The third-order valence-corrected chi connectivity index (χ3v) is 11.8. The van der Waals surface area contributed by atoms with Crippen LogP contribution in [0.15, 0.2) is 176 Å². The minimum Gasteiger partial charge on any atom is -0.261 e. The number of benzene rings is 8. The molecular formula is C50H29N3. The molecule has 2 aliphatic carbocycles. The van der Waals surface area contributed by atoms with Gasteiger partial charge in [-0.05, 0) is 143 Å². The number of hydrogen-bond donors (Lipinski definition) is 0. The topological polar surface area (TPSA) is 38.7 Å². The van der Waals surface area contributed by atoms with Crippen LogP contribution in [0.3, 0.4) is 0 Å². The van der Waals surface area contributed by atoms with Gasteiger partial charge in [-0.25, -0.2) is 0 Å². The molecule has 8 aromatic carbocycles. The Bertz CT molecular complexity index is 3130. The van der Waals surface area contributed by atoms with Crippen molar-refractivity contribution in [2.75, 3.05) is 0 Å². The fourth-order valence-electron chi connectivity index (χ4n) is 9.50. The van der Waals surface area contributed by atoms with E-state index in [4.69, 9.17) is 0 Å². The number of pyridine rings is 1. The van der Waals surface area contributed by atoms with Gasteiger partial charge in [0.1, 0.15) is 0 Å². The number of aromatic nitrogens is 3. The zero-order valence-electron chi connectivity index (χ0n) is 28.6. The lowest BCUT2D eigenvalue weighted by Crippen LogP contribution is -2.26. The van der Waals surface area contributed by atoms with Crippen molar-refractivity contribution in [2.24, 2.45) is 0 Å².